The fourth-order valence-electron chi connectivity index (χ4n) is 5.78. The van der Waals surface area contributed by atoms with Gasteiger partial charge in [0.05, 0.1) is 27.5 Å². The predicted molar refractivity (Wildman–Crippen MR) is 205 cm³/mol. The van der Waals surface area contributed by atoms with E-state index in [1.54, 1.807) is 57.3 Å². The number of hydrogen-bond donors (Lipinski definition) is 3. The zero-order chi connectivity index (χ0) is 38.2. The maximum Gasteiger partial charge on any atom is 0.419 e. The van der Waals surface area contributed by atoms with Crippen molar-refractivity contribution in [2.45, 2.75) is 45.1 Å². The van der Waals surface area contributed by atoms with E-state index in [0.717, 1.165) is 9.54 Å². The summed E-state index contributed by atoms with van der Waals surface area (Å²) in [6.07, 6.45) is 2.39. The van der Waals surface area contributed by atoms with Crippen LogP contribution in [0.4, 0.5) is 32.2 Å². The third-order valence-electron chi connectivity index (χ3n) is 8.16. The molecular weight excluding hydrogens is 700 g/mol. The highest BCUT2D eigenvalue weighted by Gasteiger charge is 2.26. The van der Waals surface area contributed by atoms with Crippen molar-refractivity contribution in [3.05, 3.63) is 90.5 Å². The Hall–Kier alpha value is -5.80. The zero-order valence-corrected chi connectivity index (χ0v) is 31.3. The second-order valence-corrected chi connectivity index (χ2v) is 15.7. The number of carbonyl (C=O) groups is 2. The Labute approximate surface area is 306 Å². The molecule has 0 spiro atoms. The van der Waals surface area contributed by atoms with Crippen molar-refractivity contribution in [2.24, 2.45) is 0 Å². The first kappa shape index (κ1) is 37.0. The monoisotopic (exact) mass is 740 g/mol. The van der Waals surface area contributed by atoms with Crippen molar-refractivity contribution in [2.75, 3.05) is 43.1 Å². The molecule has 0 saturated heterocycles. The second kappa shape index (κ2) is 14.3. The van der Waals surface area contributed by atoms with E-state index in [2.05, 4.69) is 20.9 Å². The van der Waals surface area contributed by atoms with E-state index >= 15 is 4.39 Å². The summed E-state index contributed by atoms with van der Waals surface area (Å²) >= 11 is 0. The number of ether oxygens (including phenoxy) is 1. The number of nitrogens with zero attached hydrogens (tertiary/aromatic N) is 5. The van der Waals surface area contributed by atoms with Gasteiger partial charge < -0.3 is 25.6 Å². The summed E-state index contributed by atoms with van der Waals surface area (Å²) in [5.41, 5.74) is 1.99. The quantitative estimate of drug-likeness (QED) is 0.132. The van der Waals surface area contributed by atoms with Gasteiger partial charge in [0.1, 0.15) is 5.60 Å². The lowest BCUT2D eigenvalue weighted by atomic mass is 10.1. The molecule has 0 unspecified atom stereocenters. The lowest BCUT2D eigenvalue weighted by Crippen LogP contribution is -2.26. The summed E-state index contributed by atoms with van der Waals surface area (Å²) in [5.74, 6) is -1.12. The molecule has 13 nitrogen and oxygen atoms in total. The van der Waals surface area contributed by atoms with Crippen LogP contribution in [0.2, 0.25) is 0 Å². The maximum absolute atomic E-state index is 15.7. The summed E-state index contributed by atoms with van der Waals surface area (Å²) in [5, 5.41) is 9.77. The number of aromatic nitrogens is 4. The van der Waals surface area contributed by atoms with Crippen LogP contribution >= 0.6 is 0 Å². The normalized spacial score (nSPS) is 12.0. The van der Waals surface area contributed by atoms with E-state index in [4.69, 9.17) is 9.72 Å². The first-order valence-electron chi connectivity index (χ1n) is 16.8. The van der Waals surface area contributed by atoms with E-state index in [-0.39, 0.29) is 33.6 Å². The fourth-order valence-corrected chi connectivity index (χ4v) is 7.08. The minimum Gasteiger partial charge on any atom is -0.443 e. The smallest absolute Gasteiger partial charge is 0.419 e. The van der Waals surface area contributed by atoms with E-state index in [1.807, 2.05) is 38.1 Å². The molecule has 0 saturated carbocycles. The van der Waals surface area contributed by atoms with Crippen molar-refractivity contribution in [1.82, 2.24) is 23.4 Å². The molecule has 3 aromatic carbocycles. The molecule has 6 rings (SSSR count). The third-order valence-corrected chi connectivity index (χ3v) is 9.84. The highest BCUT2D eigenvalue weighted by Crippen LogP contribution is 2.37. The SMILES string of the molecule is CC(=O)Nc1cc(Nc2nc(-c3cn(C(=O)OC(C)(C)C)c4ccccc34)c3ccn(S(=O)(=O)c4ccc(C)cc4)c3n2)cc(F)c1NCCN(C)C. The number of para-hydroxylation sites is 1. The third kappa shape index (κ3) is 7.85. The van der Waals surface area contributed by atoms with E-state index < -0.39 is 33.4 Å². The number of benzene rings is 3. The number of hydrogen-bond acceptors (Lipinski definition) is 10. The second-order valence-electron chi connectivity index (χ2n) is 13.9. The van der Waals surface area contributed by atoms with E-state index in [1.165, 1.54) is 42.0 Å². The largest absolute Gasteiger partial charge is 0.443 e. The van der Waals surface area contributed by atoms with Gasteiger partial charge in [-0.1, -0.05) is 35.9 Å². The number of fused-ring (bicyclic) bond motifs is 2. The van der Waals surface area contributed by atoms with Gasteiger partial charge in [-0.15, -0.1) is 0 Å². The van der Waals surface area contributed by atoms with Crippen molar-refractivity contribution < 1.29 is 27.1 Å². The van der Waals surface area contributed by atoms with Crippen LogP contribution in [0.15, 0.2) is 84.0 Å². The first-order valence-corrected chi connectivity index (χ1v) is 18.3. The average molecular weight is 741 g/mol. The Bertz CT molecular complexity index is 2470. The van der Waals surface area contributed by atoms with Gasteiger partial charge in [-0.2, -0.15) is 4.98 Å². The van der Waals surface area contributed by atoms with Gasteiger partial charge in [0.25, 0.3) is 10.0 Å². The molecule has 15 heteroatoms. The summed E-state index contributed by atoms with van der Waals surface area (Å²) in [6.45, 7) is 9.52. The highest BCUT2D eigenvalue weighted by molar-refractivity contribution is 7.90. The van der Waals surface area contributed by atoms with Crippen molar-refractivity contribution >= 4 is 67.0 Å². The number of nitrogens with one attached hydrogen (secondary N) is 3. The molecule has 0 bridgehead atoms. The molecule has 6 aromatic rings. The number of rotatable bonds is 10. The van der Waals surface area contributed by atoms with E-state index in [9.17, 15) is 18.0 Å². The van der Waals surface area contributed by atoms with Gasteiger partial charge in [-0.05, 0) is 78.2 Å². The molecule has 1 amide bonds. The molecule has 0 fully saturated rings. The minimum atomic E-state index is -4.15. The van der Waals surface area contributed by atoms with E-state index in [0.29, 0.717) is 40.6 Å². The Kier molecular flexibility index (Phi) is 9.99. The van der Waals surface area contributed by atoms with Crippen molar-refractivity contribution in [3.8, 4) is 11.3 Å². The molecule has 0 radical (unpaired) electrons. The molecule has 3 N–H and O–H groups in total. The molecule has 276 valence electrons. The number of amides is 1. The summed E-state index contributed by atoms with van der Waals surface area (Å²) < 4.78 is 52.0. The molecule has 0 atom stereocenters. The number of halogens is 1. The van der Waals surface area contributed by atoms with Crippen LogP contribution in [0.25, 0.3) is 33.2 Å². The molecular formula is C38H41FN8O5S. The zero-order valence-electron chi connectivity index (χ0n) is 30.5. The maximum atomic E-state index is 15.7. The average Bonchev–Trinajstić information content (AvgIpc) is 3.68. The lowest BCUT2D eigenvalue weighted by Gasteiger charge is -2.19. The summed E-state index contributed by atoms with van der Waals surface area (Å²) in [4.78, 5) is 37.0. The van der Waals surface area contributed by atoms with Crippen molar-refractivity contribution in [3.63, 3.8) is 0 Å². The van der Waals surface area contributed by atoms with Gasteiger partial charge >= 0.3 is 6.09 Å². The lowest BCUT2D eigenvalue weighted by molar-refractivity contribution is -0.114. The Morgan fingerprint density at radius 2 is 1.70 bits per heavy atom. The molecule has 0 aliphatic carbocycles. The topological polar surface area (TPSA) is 152 Å². The van der Waals surface area contributed by atoms with Crippen LogP contribution < -0.4 is 16.0 Å². The Morgan fingerprint density at radius 1 is 0.981 bits per heavy atom. The minimum absolute atomic E-state index is 0.0386. The van der Waals surface area contributed by atoms with Crippen LogP contribution in [0.1, 0.15) is 33.3 Å². The van der Waals surface area contributed by atoms with Gasteiger partial charge in [0.2, 0.25) is 11.9 Å². The number of carbonyl (C=O) groups excluding carboxylic acids is 2. The standard InChI is InChI=1S/C38H41FN8O5S/c1-23-12-14-26(15-13-23)53(50,51)47-18-16-28-33(29-22-46(37(49)52-38(3,4)5)32-11-9-8-10-27(29)32)43-36(44-35(28)47)42-25-20-30(39)34(40-17-19-45(6)7)31(21-25)41-24(2)48/h8-16,18,20-22,40H,17,19H2,1-7H3,(H,41,48)(H,42,43,44). The van der Waals surface area contributed by atoms with Gasteiger partial charge in [-0.3, -0.25) is 9.36 Å². The van der Waals surface area contributed by atoms with Crippen LogP contribution in [0, 0.1) is 12.7 Å². The van der Waals surface area contributed by atoms with Gasteiger partial charge in [-0.25, -0.2) is 26.6 Å². The molecule has 0 aliphatic heterocycles. The number of likely N-dealkylation sites (N-methyl/N-ethyl adjacent to an activating group) is 1. The van der Waals surface area contributed by atoms with Crippen molar-refractivity contribution in [1.29, 1.82) is 0 Å². The van der Waals surface area contributed by atoms with Gasteiger partial charge in [0, 0.05) is 54.4 Å². The molecule has 0 aliphatic rings. The Balaban J connectivity index is 1.54. The Morgan fingerprint density at radius 3 is 2.38 bits per heavy atom. The fraction of sp³-hybridized carbons (Fsp3) is 0.263. The number of aryl methyl sites for hydroxylation is 1. The van der Waals surface area contributed by atoms with Crippen LogP contribution in [0.3, 0.4) is 0 Å². The molecule has 3 aromatic heterocycles. The first-order chi connectivity index (χ1) is 25.0. The predicted octanol–water partition coefficient (Wildman–Crippen LogP) is 7.20. The van der Waals surface area contributed by atoms with Gasteiger partial charge in [0.15, 0.2) is 11.5 Å². The molecule has 3 heterocycles. The summed E-state index contributed by atoms with van der Waals surface area (Å²) in [7, 11) is -0.363. The summed E-state index contributed by atoms with van der Waals surface area (Å²) in [6, 6.07) is 18.0. The van der Waals surface area contributed by atoms with Crippen LogP contribution in [0.5, 0.6) is 0 Å². The van der Waals surface area contributed by atoms with Crippen LogP contribution in [-0.2, 0) is 19.6 Å². The highest BCUT2D eigenvalue weighted by atomic mass is 32.2. The number of anilines is 4. The van der Waals surface area contributed by atoms with Crippen LogP contribution in [-0.4, -0.2) is 76.6 Å². The molecule has 53 heavy (non-hydrogen) atoms.